The summed E-state index contributed by atoms with van der Waals surface area (Å²) in [5.74, 6) is -0.660. The topological polar surface area (TPSA) is 201 Å². The van der Waals surface area contributed by atoms with Gasteiger partial charge in [-0.1, -0.05) is 75.0 Å². The Morgan fingerprint density at radius 1 is 0.816 bits per heavy atom. The van der Waals surface area contributed by atoms with Crippen LogP contribution in [-0.2, 0) is 51.4 Å². The van der Waals surface area contributed by atoms with Gasteiger partial charge in [-0.15, -0.1) is 0 Å². The van der Waals surface area contributed by atoms with Gasteiger partial charge in [0.2, 0.25) is 0 Å². The van der Waals surface area contributed by atoms with Crippen molar-refractivity contribution in [2.45, 2.75) is 58.6 Å². The van der Waals surface area contributed by atoms with Crippen LogP contribution in [0.4, 0.5) is 9.59 Å². The smallest absolute Gasteiger partial charge is 1.00 e. The van der Waals surface area contributed by atoms with Gasteiger partial charge in [-0.3, -0.25) is 14.6 Å². The van der Waals surface area contributed by atoms with Crippen LogP contribution < -0.4 is 108 Å². The van der Waals surface area contributed by atoms with Crippen LogP contribution >= 0.6 is 0 Å². The molecule has 266 valence electrons. The minimum atomic E-state index is -0.779. The second-order valence-corrected chi connectivity index (χ2v) is 9.89. The molecule has 2 amide bonds. The number of carbonyl (C=O) groups excluding carboxylic acids is 5. The van der Waals surface area contributed by atoms with Crippen molar-refractivity contribution in [2.75, 3.05) is 34.4 Å². The zero-order chi connectivity index (χ0) is 34.5. The van der Waals surface area contributed by atoms with Gasteiger partial charge >= 0.3 is 127 Å². The molecule has 0 aromatic heterocycles. The van der Waals surface area contributed by atoms with Crippen LogP contribution in [0.25, 0.3) is 0 Å². The Hall–Kier alpha value is -1.46. The maximum absolute atomic E-state index is 12.1. The Labute approximate surface area is 375 Å². The van der Waals surface area contributed by atoms with E-state index in [2.05, 4.69) is 9.62 Å². The largest absolute Gasteiger partial charge is 1.00 e. The molecule has 2 aromatic rings. The van der Waals surface area contributed by atoms with E-state index in [4.69, 9.17) is 29.4 Å². The second kappa shape index (κ2) is 30.2. The van der Waals surface area contributed by atoms with E-state index in [1.165, 1.54) is 24.0 Å². The predicted octanol–water partition coefficient (Wildman–Crippen LogP) is -3.82. The average molecular weight is 748 g/mol. The van der Waals surface area contributed by atoms with E-state index in [9.17, 15) is 24.3 Å². The van der Waals surface area contributed by atoms with E-state index in [1.807, 2.05) is 67.6 Å². The zero-order valence-electron chi connectivity index (χ0n) is 29.2. The molecule has 49 heavy (non-hydrogen) atoms. The molecule has 0 spiro atoms. The fraction of sp³-hybridized carbons (Fsp3) is 0.469. The van der Waals surface area contributed by atoms with Crippen molar-refractivity contribution >= 4 is 30.6 Å². The van der Waals surface area contributed by atoms with Crippen molar-refractivity contribution in [1.82, 2.24) is 9.80 Å². The first-order valence-electron chi connectivity index (χ1n) is 14.1. The molecule has 0 radical (unpaired) electrons. The van der Waals surface area contributed by atoms with Gasteiger partial charge in [0, 0.05) is 21.5 Å². The van der Waals surface area contributed by atoms with Crippen LogP contribution in [0.15, 0.2) is 60.7 Å². The number of hydrogen-bond donors (Lipinski definition) is 2. The van der Waals surface area contributed by atoms with Crippen molar-refractivity contribution in [2.24, 2.45) is 5.92 Å². The first kappa shape index (κ1) is 51.9. The number of likely N-dealkylation sites (tertiary alicyclic amines) is 2. The normalized spacial score (nSPS) is 18.2. The van der Waals surface area contributed by atoms with E-state index in [0.29, 0.717) is 13.0 Å². The summed E-state index contributed by atoms with van der Waals surface area (Å²) in [5, 5.41) is 25.0. The predicted molar refractivity (Wildman–Crippen MR) is 168 cm³/mol. The molecule has 2 saturated heterocycles. The molecule has 4 rings (SSSR count). The second-order valence-electron chi connectivity index (χ2n) is 9.89. The van der Waals surface area contributed by atoms with Crippen LogP contribution in [0, 0.1) is 5.92 Å². The van der Waals surface area contributed by atoms with Crippen LogP contribution in [0.5, 0.6) is 0 Å². The van der Waals surface area contributed by atoms with Gasteiger partial charge in [-0.2, -0.15) is 0 Å². The number of benzene rings is 2. The Kier molecular flexibility index (Phi) is 32.0. The standard InChI is InChI=1S/C15H19NO4.C14H17NO5.CH2O3.CH4O.CH4.2K.H2.H/c1-11-8-13(14(17)19-2)16(9-11)15(18)20-10-12-6-4-3-5-7-12;1-19-13(17)12-7-11(16)8-15(12)14(18)20-9-10-5-3-2-4-6-10;2-1-4-3;1-2;;;;;/h3-7,11,13H,8-10H2,1-2H3;2-6,11-12,16H,7-9H2,1H3;1,3H;2H,1H3;1H4;;;1H;/q;;;;;2*+1;;-1/p-1/t11-,13-;11-,12-;;;;;;;/m00......./s1/i;;;;;;;1+1;. The third kappa shape index (κ3) is 19.1. The quantitative estimate of drug-likeness (QED) is 0.0698. The molecule has 0 aliphatic carbocycles. The minimum absolute atomic E-state index is 0. The molecule has 0 bridgehead atoms. The number of aliphatic hydroxyl groups excluding tert-OH is 2. The summed E-state index contributed by atoms with van der Waals surface area (Å²) in [6.45, 7) is 2.75. The number of ether oxygens (including phenoxy) is 4. The molecule has 2 heterocycles. The molecule has 2 fully saturated rings. The van der Waals surface area contributed by atoms with Gasteiger partial charge in [0.1, 0.15) is 25.3 Å². The summed E-state index contributed by atoms with van der Waals surface area (Å²) in [6.07, 6.45) is -1.03. The van der Waals surface area contributed by atoms with Gasteiger partial charge in [-0.25, -0.2) is 19.2 Å². The van der Waals surface area contributed by atoms with E-state index in [-0.39, 0.29) is 158 Å². The molecular formula is C32H48K2N2O13. The van der Waals surface area contributed by atoms with E-state index in [1.54, 1.807) is 0 Å². The first-order valence-corrected chi connectivity index (χ1v) is 14.1. The van der Waals surface area contributed by atoms with Crippen molar-refractivity contribution in [3.63, 3.8) is 0 Å². The summed E-state index contributed by atoms with van der Waals surface area (Å²) in [5.41, 5.74) is 1.78. The molecule has 15 nitrogen and oxygen atoms in total. The van der Waals surface area contributed by atoms with Crippen LogP contribution in [0.2, 0.25) is 0 Å². The Balaban J connectivity index is -0.000000221. The van der Waals surface area contributed by atoms with Crippen LogP contribution in [0.1, 0.15) is 41.2 Å². The summed E-state index contributed by atoms with van der Waals surface area (Å²) >= 11 is 0. The van der Waals surface area contributed by atoms with Gasteiger partial charge in [0.25, 0.3) is 6.47 Å². The van der Waals surface area contributed by atoms with Crippen molar-refractivity contribution in [1.29, 1.82) is 0 Å². The summed E-state index contributed by atoms with van der Waals surface area (Å²) in [7, 11) is 3.58. The maximum Gasteiger partial charge on any atom is 1.00 e. The third-order valence-electron chi connectivity index (χ3n) is 6.65. The average Bonchev–Trinajstić information content (AvgIpc) is 3.70. The van der Waals surface area contributed by atoms with Crippen molar-refractivity contribution in [3.05, 3.63) is 71.8 Å². The van der Waals surface area contributed by atoms with E-state index in [0.717, 1.165) is 18.2 Å². The maximum atomic E-state index is 12.1. The Morgan fingerprint density at radius 2 is 1.18 bits per heavy atom. The van der Waals surface area contributed by atoms with Crippen LogP contribution in [-0.4, -0.2) is 103 Å². The first-order chi connectivity index (χ1) is 22.1. The Bertz CT molecular complexity index is 1130. The molecule has 0 unspecified atom stereocenters. The van der Waals surface area contributed by atoms with Crippen molar-refractivity contribution in [3.8, 4) is 0 Å². The molecule has 0 saturated carbocycles. The molecular weight excluding hydrogens is 699 g/mol. The number of rotatable bonds is 7. The molecule has 2 N–H and O–H groups in total. The number of carbonyl (C=O) groups is 5. The van der Waals surface area contributed by atoms with Crippen LogP contribution in [0.3, 0.4) is 0 Å². The fourth-order valence-corrected chi connectivity index (χ4v) is 4.59. The Morgan fingerprint density at radius 3 is 1.55 bits per heavy atom. The van der Waals surface area contributed by atoms with Gasteiger partial charge < -0.3 is 40.7 Å². The monoisotopic (exact) mass is 747 g/mol. The number of hydrogen-bond acceptors (Lipinski definition) is 13. The summed E-state index contributed by atoms with van der Waals surface area (Å²) in [6, 6.07) is 17.4. The minimum Gasteiger partial charge on any atom is -1.00 e. The molecule has 2 aliphatic heterocycles. The third-order valence-corrected chi connectivity index (χ3v) is 6.65. The van der Waals surface area contributed by atoms with Gasteiger partial charge in [-0.05, 0) is 23.5 Å². The van der Waals surface area contributed by atoms with Crippen molar-refractivity contribution < 1.29 is 169 Å². The van der Waals surface area contributed by atoms with Gasteiger partial charge in [0.05, 0.1) is 26.9 Å². The number of amides is 2. The summed E-state index contributed by atoms with van der Waals surface area (Å²) < 4.78 is 19.8. The van der Waals surface area contributed by atoms with E-state index >= 15 is 0 Å². The number of nitrogens with zero attached hydrogens (tertiary/aromatic N) is 2. The molecule has 2 aliphatic rings. The van der Waals surface area contributed by atoms with Gasteiger partial charge in [0.15, 0.2) is 0 Å². The number of methoxy groups -OCH3 is 2. The fourth-order valence-electron chi connectivity index (χ4n) is 4.59. The summed E-state index contributed by atoms with van der Waals surface area (Å²) in [4.78, 5) is 61.2. The number of aliphatic hydroxyl groups is 2. The molecule has 17 heteroatoms. The van der Waals surface area contributed by atoms with E-state index < -0.39 is 36.3 Å². The zero-order valence-corrected chi connectivity index (χ0v) is 34.4. The number of β-amino-alcohol motifs (C(OH)–C–C–N with tert-alkyl or cyclic N) is 1. The number of esters is 2. The molecule has 2 aromatic carbocycles. The molecule has 4 atom stereocenters. The SMILES string of the molecule is C.CO.COC(=O)[C@@H]1C[C@H](C)CN1C(=O)OCc1ccccc1.COC(=O)[C@@H]1C[C@H](O)CN1C(=O)OCc1ccccc1.O=CO[O-].[2HH].[H-].[K+].[K+].